The first kappa shape index (κ1) is 21.9. The molecule has 10 heteroatoms. The molecule has 2 saturated carbocycles. The monoisotopic (exact) mass is 471 g/mol. The molecule has 33 heavy (non-hydrogen) atoms. The Morgan fingerprint density at radius 1 is 1.12 bits per heavy atom. The highest BCUT2D eigenvalue weighted by atomic mass is 35.5. The van der Waals surface area contributed by atoms with Crippen LogP contribution in [-0.2, 0) is 4.79 Å². The SMILES string of the molecule is NC(=O)[C@H]1CC[C@H](n2c(Nc3c(F)cccc3Cl)nc3cnc(NC4CCCC4)nc32)CC1. The Hall–Kier alpha value is -2.94. The fourth-order valence-corrected chi connectivity index (χ4v) is 5.21. The van der Waals surface area contributed by atoms with Crippen LogP contribution < -0.4 is 16.4 Å². The molecule has 0 radical (unpaired) electrons. The van der Waals surface area contributed by atoms with Gasteiger partial charge in [0.15, 0.2) is 5.65 Å². The molecule has 3 aromatic rings. The maximum absolute atomic E-state index is 14.5. The minimum atomic E-state index is -0.465. The van der Waals surface area contributed by atoms with Crippen molar-refractivity contribution in [2.24, 2.45) is 11.7 Å². The van der Waals surface area contributed by atoms with Gasteiger partial charge < -0.3 is 16.4 Å². The second-order valence-electron chi connectivity index (χ2n) is 8.96. The van der Waals surface area contributed by atoms with Gasteiger partial charge in [-0.15, -0.1) is 0 Å². The molecule has 0 spiro atoms. The number of nitrogens with two attached hydrogens (primary N) is 1. The molecule has 4 N–H and O–H groups in total. The number of benzene rings is 1. The summed E-state index contributed by atoms with van der Waals surface area (Å²) in [5.74, 6) is 0.172. The fourth-order valence-electron chi connectivity index (χ4n) is 4.99. The van der Waals surface area contributed by atoms with E-state index < -0.39 is 5.82 Å². The number of primary amides is 1. The molecule has 2 aliphatic carbocycles. The van der Waals surface area contributed by atoms with E-state index in [0.717, 1.165) is 25.7 Å². The average Bonchev–Trinajstić information content (AvgIpc) is 3.44. The van der Waals surface area contributed by atoms with E-state index in [9.17, 15) is 9.18 Å². The van der Waals surface area contributed by atoms with Crippen LogP contribution in [0.25, 0.3) is 11.2 Å². The van der Waals surface area contributed by atoms with Crippen molar-refractivity contribution in [1.29, 1.82) is 0 Å². The van der Waals surface area contributed by atoms with Crippen LogP contribution in [0.15, 0.2) is 24.4 Å². The lowest BCUT2D eigenvalue weighted by Gasteiger charge is -2.29. The Balaban J connectivity index is 1.53. The van der Waals surface area contributed by atoms with E-state index in [0.29, 0.717) is 41.9 Å². The average molecular weight is 472 g/mol. The molecular weight excluding hydrogens is 445 g/mol. The summed E-state index contributed by atoms with van der Waals surface area (Å²) in [6.45, 7) is 0. The third kappa shape index (κ3) is 4.46. The predicted molar refractivity (Wildman–Crippen MR) is 126 cm³/mol. The van der Waals surface area contributed by atoms with Crippen LogP contribution in [0.4, 0.5) is 22.0 Å². The highest BCUT2D eigenvalue weighted by Gasteiger charge is 2.29. The number of nitrogens with zero attached hydrogens (tertiary/aromatic N) is 4. The standard InChI is InChI=1S/C23H27ClFN7O/c24-16-6-3-7-17(25)19(16)30-23-29-18-12-27-22(28-14-4-1-2-5-14)31-21(18)32(23)15-10-8-13(9-11-15)20(26)33/h3,6-7,12-15H,1-2,4-5,8-11H2,(H2,26,33)(H,29,30)(H,27,28,31)/t13-,15-. The number of hydrogen-bond acceptors (Lipinski definition) is 6. The minimum Gasteiger partial charge on any atom is -0.369 e. The Morgan fingerprint density at radius 3 is 2.58 bits per heavy atom. The maximum atomic E-state index is 14.5. The van der Waals surface area contributed by atoms with Crippen molar-refractivity contribution >= 4 is 46.3 Å². The molecular formula is C23H27ClFN7O. The lowest BCUT2D eigenvalue weighted by molar-refractivity contribution is -0.122. The predicted octanol–water partition coefficient (Wildman–Crippen LogP) is 4.93. The van der Waals surface area contributed by atoms with Gasteiger partial charge in [0.1, 0.15) is 11.3 Å². The number of aromatic nitrogens is 4. The van der Waals surface area contributed by atoms with Gasteiger partial charge in [0.25, 0.3) is 0 Å². The first-order chi connectivity index (χ1) is 16.0. The smallest absolute Gasteiger partial charge is 0.224 e. The fraction of sp³-hybridized carbons (Fsp3) is 0.478. The zero-order chi connectivity index (χ0) is 22.9. The number of carbonyl (C=O) groups excluding carboxylic acids is 1. The summed E-state index contributed by atoms with van der Waals surface area (Å²) in [7, 11) is 0. The van der Waals surface area contributed by atoms with Crippen molar-refractivity contribution in [2.45, 2.75) is 63.5 Å². The quantitative estimate of drug-likeness (QED) is 0.470. The van der Waals surface area contributed by atoms with Gasteiger partial charge in [-0.3, -0.25) is 9.36 Å². The van der Waals surface area contributed by atoms with Crippen molar-refractivity contribution in [2.75, 3.05) is 10.6 Å². The van der Waals surface area contributed by atoms with Gasteiger partial charge in [0.2, 0.25) is 17.8 Å². The van der Waals surface area contributed by atoms with Gasteiger partial charge in [-0.05, 0) is 50.7 Å². The maximum Gasteiger partial charge on any atom is 0.224 e. The first-order valence-corrected chi connectivity index (χ1v) is 11.9. The summed E-state index contributed by atoms with van der Waals surface area (Å²) in [6.07, 6.45) is 9.20. The van der Waals surface area contributed by atoms with E-state index in [1.165, 1.54) is 18.9 Å². The van der Waals surface area contributed by atoms with Gasteiger partial charge in [-0.1, -0.05) is 30.5 Å². The molecule has 2 aromatic heterocycles. The van der Waals surface area contributed by atoms with Crippen LogP contribution in [0.5, 0.6) is 0 Å². The van der Waals surface area contributed by atoms with Gasteiger partial charge in [-0.25, -0.2) is 14.4 Å². The highest BCUT2D eigenvalue weighted by Crippen LogP contribution is 2.38. The lowest BCUT2D eigenvalue weighted by atomic mass is 9.85. The van der Waals surface area contributed by atoms with Crippen LogP contribution >= 0.6 is 11.6 Å². The summed E-state index contributed by atoms with van der Waals surface area (Å²) in [4.78, 5) is 25.6. The number of halogens is 2. The summed E-state index contributed by atoms with van der Waals surface area (Å²) < 4.78 is 16.5. The molecule has 1 aromatic carbocycles. The van der Waals surface area contributed by atoms with E-state index >= 15 is 0 Å². The molecule has 1 amide bonds. The largest absolute Gasteiger partial charge is 0.369 e. The molecule has 174 valence electrons. The Kier molecular flexibility index (Phi) is 6.05. The molecule has 0 bridgehead atoms. The van der Waals surface area contributed by atoms with Gasteiger partial charge in [-0.2, -0.15) is 4.98 Å². The zero-order valence-electron chi connectivity index (χ0n) is 18.2. The number of para-hydroxylation sites is 1. The highest BCUT2D eigenvalue weighted by molar-refractivity contribution is 6.33. The van der Waals surface area contributed by atoms with Crippen LogP contribution in [0, 0.1) is 11.7 Å². The summed E-state index contributed by atoms with van der Waals surface area (Å²) in [6, 6.07) is 4.95. The molecule has 0 atom stereocenters. The molecule has 0 unspecified atom stereocenters. The molecule has 2 fully saturated rings. The molecule has 8 nitrogen and oxygen atoms in total. The lowest BCUT2D eigenvalue weighted by Crippen LogP contribution is -2.29. The van der Waals surface area contributed by atoms with Crippen LogP contribution in [0.3, 0.4) is 0 Å². The van der Waals surface area contributed by atoms with Crippen molar-refractivity contribution in [3.8, 4) is 0 Å². The Bertz CT molecular complexity index is 1150. The van der Waals surface area contributed by atoms with Crippen LogP contribution in [-0.4, -0.2) is 31.5 Å². The number of imidazole rings is 1. The first-order valence-electron chi connectivity index (χ1n) is 11.5. The van der Waals surface area contributed by atoms with E-state index in [1.807, 2.05) is 4.57 Å². The third-order valence-corrected chi connectivity index (χ3v) is 7.10. The summed E-state index contributed by atoms with van der Waals surface area (Å²) in [5, 5.41) is 6.79. The number of hydrogen-bond donors (Lipinski definition) is 3. The molecule has 2 heterocycles. The topological polar surface area (TPSA) is 111 Å². The van der Waals surface area contributed by atoms with E-state index in [-0.39, 0.29) is 28.6 Å². The molecule has 2 aliphatic rings. The van der Waals surface area contributed by atoms with Crippen molar-refractivity contribution in [3.05, 3.63) is 35.2 Å². The van der Waals surface area contributed by atoms with Crippen molar-refractivity contribution in [1.82, 2.24) is 19.5 Å². The van der Waals surface area contributed by atoms with E-state index in [1.54, 1.807) is 18.3 Å². The van der Waals surface area contributed by atoms with Crippen LogP contribution in [0.1, 0.15) is 57.4 Å². The zero-order valence-corrected chi connectivity index (χ0v) is 19.0. The number of rotatable bonds is 6. The number of fused-ring (bicyclic) bond motifs is 1. The van der Waals surface area contributed by atoms with Gasteiger partial charge in [0, 0.05) is 18.0 Å². The minimum absolute atomic E-state index is 0.0351. The second-order valence-corrected chi connectivity index (χ2v) is 9.37. The van der Waals surface area contributed by atoms with Crippen molar-refractivity contribution < 1.29 is 9.18 Å². The molecule has 5 rings (SSSR count). The Morgan fingerprint density at radius 2 is 1.88 bits per heavy atom. The number of anilines is 3. The van der Waals surface area contributed by atoms with E-state index in [4.69, 9.17) is 22.3 Å². The molecule has 0 aliphatic heterocycles. The van der Waals surface area contributed by atoms with Crippen LogP contribution in [0.2, 0.25) is 5.02 Å². The summed E-state index contributed by atoms with van der Waals surface area (Å²) >= 11 is 6.26. The second kappa shape index (κ2) is 9.13. The Labute approximate surface area is 196 Å². The normalized spacial score (nSPS) is 21.4. The molecule has 0 saturated heterocycles. The van der Waals surface area contributed by atoms with Gasteiger partial charge >= 0.3 is 0 Å². The van der Waals surface area contributed by atoms with E-state index in [2.05, 4.69) is 20.6 Å². The third-order valence-electron chi connectivity index (χ3n) is 6.78. The number of amides is 1. The van der Waals surface area contributed by atoms with Gasteiger partial charge in [0.05, 0.1) is 16.9 Å². The number of nitrogens with one attached hydrogen (secondary N) is 2. The summed E-state index contributed by atoms with van der Waals surface area (Å²) in [5.41, 5.74) is 6.97. The van der Waals surface area contributed by atoms with Crippen molar-refractivity contribution in [3.63, 3.8) is 0 Å². The number of carbonyl (C=O) groups is 1.